The number of carbonyl (C=O) groups is 1. The molecule has 1 amide bonds. The first-order chi connectivity index (χ1) is 8.31. The Kier molecular flexibility index (Phi) is 5.10. The molecule has 0 spiro atoms. The number of rotatable bonds is 3. The molecule has 1 atom stereocenters. The molecule has 0 bridgehead atoms. The van der Waals surface area contributed by atoms with E-state index in [0.29, 0.717) is 0 Å². The monoisotopic (exact) mass is 315 g/mol. The van der Waals surface area contributed by atoms with Crippen molar-refractivity contribution in [1.82, 2.24) is 10.3 Å². The predicted molar refractivity (Wildman–Crippen MR) is 73.1 cm³/mol. The van der Waals surface area contributed by atoms with Crippen molar-refractivity contribution in [3.8, 4) is 0 Å². The van der Waals surface area contributed by atoms with Gasteiger partial charge in [0, 0.05) is 23.4 Å². The molecule has 0 radical (unpaired) electrons. The van der Waals surface area contributed by atoms with Gasteiger partial charge in [-0.15, -0.1) is 0 Å². The molecule has 3 N–H and O–H groups in total. The first-order valence-electron chi connectivity index (χ1n) is 5.62. The smallest absolute Gasteiger partial charge is 0.408 e. The highest BCUT2D eigenvalue weighted by atomic mass is 79.9. The molecule has 0 saturated heterocycles. The molecule has 0 saturated carbocycles. The van der Waals surface area contributed by atoms with Crippen LogP contribution in [0.4, 0.5) is 4.79 Å². The maximum Gasteiger partial charge on any atom is 0.408 e. The number of halogens is 1. The highest BCUT2D eigenvalue weighted by Gasteiger charge is 2.19. The molecule has 0 fully saturated rings. The number of carbonyl (C=O) groups excluding carboxylic acids is 1. The molecule has 1 aromatic heterocycles. The number of nitrogens with zero attached hydrogens (tertiary/aromatic N) is 1. The molecule has 1 rings (SSSR count). The van der Waals surface area contributed by atoms with Gasteiger partial charge in [-0.05, 0) is 48.3 Å². The quantitative estimate of drug-likeness (QED) is 0.897. The van der Waals surface area contributed by atoms with Crippen molar-refractivity contribution in [2.45, 2.75) is 32.4 Å². The first kappa shape index (κ1) is 14.9. The lowest BCUT2D eigenvalue weighted by Gasteiger charge is -2.23. The molecule has 18 heavy (non-hydrogen) atoms. The molecule has 5 nitrogen and oxygen atoms in total. The number of alkyl carbamates (subject to hydrolysis) is 1. The van der Waals surface area contributed by atoms with Crippen molar-refractivity contribution in [2.24, 2.45) is 5.73 Å². The SMILES string of the molecule is CC(C)(C)OC(=O)NC(CN)c1cncc(Br)c1. The van der Waals surface area contributed by atoms with Crippen molar-refractivity contribution in [1.29, 1.82) is 0 Å². The van der Waals surface area contributed by atoms with E-state index in [-0.39, 0.29) is 12.6 Å². The molecule has 1 unspecified atom stereocenters. The summed E-state index contributed by atoms with van der Waals surface area (Å²) < 4.78 is 6.02. The molecule has 0 aliphatic carbocycles. The fraction of sp³-hybridized carbons (Fsp3) is 0.500. The summed E-state index contributed by atoms with van der Waals surface area (Å²) in [6.45, 7) is 5.71. The number of hydrogen-bond acceptors (Lipinski definition) is 4. The summed E-state index contributed by atoms with van der Waals surface area (Å²) in [6.07, 6.45) is 2.85. The molecule has 100 valence electrons. The van der Waals surface area contributed by atoms with Gasteiger partial charge in [-0.25, -0.2) is 4.79 Å². The van der Waals surface area contributed by atoms with Gasteiger partial charge < -0.3 is 15.8 Å². The van der Waals surface area contributed by atoms with E-state index in [2.05, 4.69) is 26.2 Å². The van der Waals surface area contributed by atoms with Crippen molar-refractivity contribution in [2.75, 3.05) is 6.54 Å². The van der Waals surface area contributed by atoms with Crippen LogP contribution in [0.25, 0.3) is 0 Å². The van der Waals surface area contributed by atoms with E-state index in [0.717, 1.165) is 10.0 Å². The van der Waals surface area contributed by atoms with E-state index in [1.807, 2.05) is 26.8 Å². The normalized spacial score (nSPS) is 12.9. The maximum atomic E-state index is 11.7. The number of nitrogens with one attached hydrogen (secondary N) is 1. The highest BCUT2D eigenvalue weighted by Crippen LogP contribution is 2.17. The van der Waals surface area contributed by atoms with Crippen LogP contribution in [0.5, 0.6) is 0 Å². The fourth-order valence-electron chi connectivity index (χ4n) is 1.35. The average molecular weight is 316 g/mol. The van der Waals surface area contributed by atoms with Crippen LogP contribution in [-0.4, -0.2) is 23.2 Å². The first-order valence-corrected chi connectivity index (χ1v) is 6.41. The Morgan fingerprint density at radius 1 is 1.56 bits per heavy atom. The molecule has 1 heterocycles. The van der Waals surface area contributed by atoms with Gasteiger partial charge in [-0.3, -0.25) is 4.98 Å². The Labute approximate surface area is 115 Å². The number of ether oxygens (including phenoxy) is 1. The number of amides is 1. The standard InChI is InChI=1S/C12H18BrN3O2/c1-12(2,3)18-11(17)16-10(5-14)8-4-9(13)7-15-6-8/h4,6-7,10H,5,14H2,1-3H3,(H,16,17). The average Bonchev–Trinajstić information content (AvgIpc) is 2.23. The van der Waals surface area contributed by atoms with Crippen molar-refractivity contribution in [3.05, 3.63) is 28.5 Å². The van der Waals surface area contributed by atoms with Gasteiger partial charge in [0.15, 0.2) is 0 Å². The van der Waals surface area contributed by atoms with E-state index < -0.39 is 11.7 Å². The van der Waals surface area contributed by atoms with Crippen LogP contribution in [0.1, 0.15) is 32.4 Å². The van der Waals surface area contributed by atoms with E-state index in [1.165, 1.54) is 0 Å². The second kappa shape index (κ2) is 6.15. The zero-order valence-electron chi connectivity index (χ0n) is 10.7. The third kappa shape index (κ3) is 5.01. The second-order valence-corrected chi connectivity index (χ2v) is 5.79. The fourth-order valence-corrected chi connectivity index (χ4v) is 1.73. The minimum absolute atomic E-state index is 0.275. The van der Waals surface area contributed by atoms with Crippen LogP contribution < -0.4 is 11.1 Å². The predicted octanol–water partition coefficient (Wildman–Crippen LogP) is 2.37. The topological polar surface area (TPSA) is 77.2 Å². The third-order valence-corrected chi connectivity index (χ3v) is 2.49. The Bertz CT molecular complexity index is 418. The molecule has 6 heteroatoms. The molecule has 0 aliphatic heterocycles. The molecule has 1 aromatic rings. The van der Waals surface area contributed by atoms with Gasteiger partial charge in [-0.2, -0.15) is 0 Å². The minimum Gasteiger partial charge on any atom is -0.444 e. The Hall–Kier alpha value is -1.14. The summed E-state index contributed by atoms with van der Waals surface area (Å²) in [5.41, 5.74) is 5.96. The minimum atomic E-state index is -0.529. The number of nitrogens with two attached hydrogens (primary N) is 1. The zero-order chi connectivity index (χ0) is 13.8. The van der Waals surface area contributed by atoms with E-state index in [9.17, 15) is 4.79 Å². The third-order valence-electron chi connectivity index (χ3n) is 2.06. The van der Waals surface area contributed by atoms with Gasteiger partial charge in [0.05, 0.1) is 6.04 Å². The van der Waals surface area contributed by atoms with Crippen LogP contribution in [0.15, 0.2) is 22.9 Å². The summed E-state index contributed by atoms with van der Waals surface area (Å²) in [5, 5.41) is 2.72. The van der Waals surface area contributed by atoms with Crippen LogP contribution in [0.3, 0.4) is 0 Å². The van der Waals surface area contributed by atoms with E-state index in [1.54, 1.807) is 12.4 Å². The zero-order valence-corrected chi connectivity index (χ0v) is 12.3. The molecule has 0 aliphatic rings. The molecular weight excluding hydrogens is 298 g/mol. The number of pyridine rings is 1. The largest absolute Gasteiger partial charge is 0.444 e. The molecular formula is C12H18BrN3O2. The number of aromatic nitrogens is 1. The van der Waals surface area contributed by atoms with Crippen molar-refractivity contribution >= 4 is 22.0 Å². The summed E-state index contributed by atoms with van der Waals surface area (Å²) in [5.74, 6) is 0. The van der Waals surface area contributed by atoms with E-state index >= 15 is 0 Å². The highest BCUT2D eigenvalue weighted by molar-refractivity contribution is 9.10. The molecule has 0 aromatic carbocycles. The van der Waals surface area contributed by atoms with Gasteiger partial charge in [0.2, 0.25) is 0 Å². The van der Waals surface area contributed by atoms with E-state index in [4.69, 9.17) is 10.5 Å². The summed E-state index contributed by atoms with van der Waals surface area (Å²) in [4.78, 5) is 15.7. The summed E-state index contributed by atoms with van der Waals surface area (Å²) in [6, 6.07) is 1.55. The summed E-state index contributed by atoms with van der Waals surface area (Å²) >= 11 is 3.33. The van der Waals surface area contributed by atoms with Gasteiger partial charge in [0.25, 0.3) is 0 Å². The van der Waals surface area contributed by atoms with Crippen LogP contribution >= 0.6 is 15.9 Å². The van der Waals surface area contributed by atoms with Crippen LogP contribution in [-0.2, 0) is 4.74 Å². The lowest BCUT2D eigenvalue weighted by molar-refractivity contribution is 0.0505. The van der Waals surface area contributed by atoms with Gasteiger partial charge in [-0.1, -0.05) is 0 Å². The van der Waals surface area contributed by atoms with Crippen molar-refractivity contribution < 1.29 is 9.53 Å². The van der Waals surface area contributed by atoms with Crippen LogP contribution in [0.2, 0.25) is 0 Å². The Morgan fingerprint density at radius 3 is 2.72 bits per heavy atom. The van der Waals surface area contributed by atoms with Crippen molar-refractivity contribution in [3.63, 3.8) is 0 Å². The second-order valence-electron chi connectivity index (χ2n) is 4.87. The number of hydrogen-bond donors (Lipinski definition) is 2. The summed E-state index contributed by atoms with van der Waals surface area (Å²) in [7, 11) is 0. The van der Waals surface area contributed by atoms with Gasteiger partial charge in [0.1, 0.15) is 5.60 Å². The van der Waals surface area contributed by atoms with Gasteiger partial charge >= 0.3 is 6.09 Å². The lowest BCUT2D eigenvalue weighted by Crippen LogP contribution is -2.37. The Balaban J connectivity index is 2.71. The van der Waals surface area contributed by atoms with Crippen LogP contribution in [0, 0.1) is 0 Å². The maximum absolute atomic E-state index is 11.7. The lowest BCUT2D eigenvalue weighted by atomic mass is 10.1. The Morgan fingerprint density at radius 2 is 2.22 bits per heavy atom.